The number of nitrogens with zero attached hydrogens (tertiary/aromatic N) is 1. The van der Waals surface area contributed by atoms with Crippen molar-refractivity contribution in [2.75, 3.05) is 24.2 Å². The van der Waals surface area contributed by atoms with Crippen molar-refractivity contribution in [3.63, 3.8) is 0 Å². The number of alkyl halides is 2. The lowest BCUT2D eigenvalue weighted by Crippen LogP contribution is -2.42. The molecule has 1 rings (SSSR count). The van der Waals surface area contributed by atoms with E-state index in [2.05, 4.69) is 10.3 Å². The van der Waals surface area contributed by atoms with Gasteiger partial charge in [-0.3, -0.25) is 0 Å². The first-order chi connectivity index (χ1) is 7.69. The summed E-state index contributed by atoms with van der Waals surface area (Å²) in [7, 11) is 1.61. The van der Waals surface area contributed by atoms with Gasteiger partial charge in [0.2, 0.25) is 0 Å². The summed E-state index contributed by atoms with van der Waals surface area (Å²) in [6.07, 6.45) is 2.50. The second-order valence-electron chi connectivity index (χ2n) is 3.61. The molecular weight excluding hydrogens is 247 g/mol. The van der Waals surface area contributed by atoms with Gasteiger partial charge in [-0.1, -0.05) is 6.92 Å². The number of halogens is 2. The molecule has 0 atom stereocenters. The molecule has 5 heteroatoms. The molecule has 1 aromatic rings. The van der Waals surface area contributed by atoms with E-state index >= 15 is 0 Å². The van der Waals surface area contributed by atoms with Gasteiger partial charge in [-0.25, -0.2) is 4.98 Å². The van der Waals surface area contributed by atoms with Gasteiger partial charge in [0.15, 0.2) is 0 Å². The third kappa shape index (κ3) is 3.16. The van der Waals surface area contributed by atoms with E-state index in [-0.39, 0.29) is 5.54 Å². The summed E-state index contributed by atoms with van der Waals surface area (Å²) in [6.45, 7) is 2.04. The number of hydrogen-bond acceptors (Lipinski definition) is 3. The molecule has 90 valence electrons. The van der Waals surface area contributed by atoms with Crippen molar-refractivity contribution in [3.05, 3.63) is 18.3 Å². The van der Waals surface area contributed by atoms with Crippen molar-refractivity contribution >= 4 is 29.0 Å². The Morgan fingerprint density at radius 2 is 2.06 bits per heavy atom. The lowest BCUT2D eigenvalue weighted by Gasteiger charge is -2.30. The number of anilines is 1. The minimum absolute atomic E-state index is 0.301. The molecule has 1 N–H and O–H groups in total. The number of pyridine rings is 1. The van der Waals surface area contributed by atoms with Crippen LogP contribution in [0, 0.1) is 0 Å². The van der Waals surface area contributed by atoms with Crippen molar-refractivity contribution in [2.45, 2.75) is 18.9 Å². The highest BCUT2D eigenvalue weighted by molar-refractivity contribution is 6.22. The van der Waals surface area contributed by atoms with E-state index < -0.39 is 0 Å². The summed E-state index contributed by atoms with van der Waals surface area (Å²) in [5.41, 5.74) is -0.301. The first-order valence-electron chi connectivity index (χ1n) is 5.10. The molecule has 1 aromatic heterocycles. The fraction of sp³-hybridized carbons (Fsp3) is 0.545. The van der Waals surface area contributed by atoms with Crippen molar-refractivity contribution in [1.29, 1.82) is 0 Å². The third-order valence-electron chi connectivity index (χ3n) is 2.55. The van der Waals surface area contributed by atoms with Gasteiger partial charge < -0.3 is 10.1 Å². The SMILES string of the molecule is CCC(CCl)(CCl)Nc1ccc(OC)cn1. The summed E-state index contributed by atoms with van der Waals surface area (Å²) < 4.78 is 5.04. The summed E-state index contributed by atoms with van der Waals surface area (Å²) >= 11 is 11.9. The minimum Gasteiger partial charge on any atom is -0.495 e. The lowest BCUT2D eigenvalue weighted by molar-refractivity contribution is 0.413. The van der Waals surface area contributed by atoms with E-state index in [1.807, 2.05) is 19.1 Å². The maximum atomic E-state index is 5.93. The number of hydrogen-bond donors (Lipinski definition) is 1. The predicted molar refractivity (Wildman–Crippen MR) is 68.9 cm³/mol. The van der Waals surface area contributed by atoms with Crippen molar-refractivity contribution in [1.82, 2.24) is 4.98 Å². The zero-order valence-electron chi connectivity index (χ0n) is 9.46. The number of aromatic nitrogens is 1. The Balaban J connectivity index is 2.77. The Labute approximate surface area is 106 Å². The molecule has 0 spiro atoms. The topological polar surface area (TPSA) is 34.1 Å². The molecule has 16 heavy (non-hydrogen) atoms. The Kier molecular flexibility index (Phi) is 5.16. The molecule has 0 aliphatic heterocycles. The summed E-state index contributed by atoms with van der Waals surface area (Å²) in [5, 5.41) is 3.26. The van der Waals surface area contributed by atoms with Gasteiger partial charge in [0.05, 0.1) is 18.8 Å². The first-order valence-corrected chi connectivity index (χ1v) is 6.16. The highest BCUT2D eigenvalue weighted by Gasteiger charge is 2.26. The van der Waals surface area contributed by atoms with Crippen LogP contribution in [0.2, 0.25) is 0 Å². The number of rotatable bonds is 6. The quantitative estimate of drug-likeness (QED) is 0.800. The van der Waals surface area contributed by atoms with Gasteiger partial charge in [-0.15, -0.1) is 23.2 Å². The normalized spacial score (nSPS) is 11.2. The van der Waals surface area contributed by atoms with Crippen molar-refractivity contribution in [3.8, 4) is 5.75 Å². The molecule has 0 saturated carbocycles. The van der Waals surface area contributed by atoms with E-state index in [9.17, 15) is 0 Å². The van der Waals surface area contributed by atoms with Gasteiger partial charge in [-0.2, -0.15) is 0 Å². The third-order valence-corrected chi connectivity index (χ3v) is 3.58. The van der Waals surface area contributed by atoms with Crippen LogP contribution in [0.1, 0.15) is 13.3 Å². The Bertz CT molecular complexity index is 304. The maximum Gasteiger partial charge on any atom is 0.137 e. The second kappa shape index (κ2) is 6.16. The van der Waals surface area contributed by atoms with Gasteiger partial charge >= 0.3 is 0 Å². The van der Waals surface area contributed by atoms with Crippen molar-refractivity contribution in [2.24, 2.45) is 0 Å². The molecule has 0 aromatic carbocycles. The van der Waals surface area contributed by atoms with E-state index in [0.29, 0.717) is 11.8 Å². The lowest BCUT2D eigenvalue weighted by atomic mass is 10.0. The largest absolute Gasteiger partial charge is 0.495 e. The highest BCUT2D eigenvalue weighted by atomic mass is 35.5. The van der Waals surface area contributed by atoms with Gasteiger partial charge in [0.25, 0.3) is 0 Å². The molecule has 0 saturated heterocycles. The maximum absolute atomic E-state index is 5.93. The summed E-state index contributed by atoms with van der Waals surface area (Å²) in [6, 6.07) is 3.69. The van der Waals surface area contributed by atoms with Crippen LogP contribution in [0.4, 0.5) is 5.82 Å². The fourth-order valence-electron chi connectivity index (χ4n) is 1.23. The van der Waals surface area contributed by atoms with E-state index in [4.69, 9.17) is 27.9 Å². The molecular formula is C11H16Cl2N2O. The Morgan fingerprint density at radius 3 is 2.44 bits per heavy atom. The van der Waals surface area contributed by atoms with Crippen LogP contribution < -0.4 is 10.1 Å². The van der Waals surface area contributed by atoms with Crippen LogP contribution in [0.3, 0.4) is 0 Å². The van der Waals surface area contributed by atoms with Crippen LogP contribution in [0.25, 0.3) is 0 Å². The van der Waals surface area contributed by atoms with Crippen LogP contribution in [0.5, 0.6) is 5.75 Å². The summed E-state index contributed by atoms with van der Waals surface area (Å²) in [4.78, 5) is 4.22. The monoisotopic (exact) mass is 262 g/mol. The van der Waals surface area contributed by atoms with Crippen LogP contribution in [-0.2, 0) is 0 Å². The molecule has 0 amide bonds. The van der Waals surface area contributed by atoms with Gasteiger partial charge in [0.1, 0.15) is 11.6 Å². The average Bonchev–Trinajstić information content (AvgIpc) is 2.37. The predicted octanol–water partition coefficient (Wildman–Crippen LogP) is 3.13. The Hall–Kier alpha value is -0.670. The van der Waals surface area contributed by atoms with Crippen LogP contribution in [-0.4, -0.2) is 29.4 Å². The highest BCUT2D eigenvalue weighted by Crippen LogP contribution is 2.21. The van der Waals surface area contributed by atoms with Gasteiger partial charge in [-0.05, 0) is 18.6 Å². The van der Waals surface area contributed by atoms with E-state index in [1.54, 1.807) is 13.3 Å². The molecule has 0 unspecified atom stereocenters. The molecule has 0 radical (unpaired) electrons. The van der Waals surface area contributed by atoms with Crippen LogP contribution >= 0.6 is 23.2 Å². The van der Waals surface area contributed by atoms with E-state index in [1.165, 1.54) is 0 Å². The molecule has 0 bridgehead atoms. The smallest absolute Gasteiger partial charge is 0.137 e. The fourth-order valence-corrected chi connectivity index (χ4v) is 2.02. The molecule has 0 aliphatic carbocycles. The van der Waals surface area contributed by atoms with Gasteiger partial charge in [0, 0.05) is 11.8 Å². The standard InChI is InChI=1S/C11H16Cl2N2O/c1-3-11(7-12,8-13)15-10-5-4-9(16-2)6-14-10/h4-6H,3,7-8H2,1-2H3,(H,14,15). The first kappa shape index (κ1) is 13.4. The number of methoxy groups -OCH3 is 1. The van der Waals surface area contributed by atoms with Crippen molar-refractivity contribution < 1.29 is 4.74 Å². The zero-order chi connectivity index (χ0) is 12.0. The second-order valence-corrected chi connectivity index (χ2v) is 4.14. The average molecular weight is 263 g/mol. The molecule has 0 fully saturated rings. The Morgan fingerprint density at radius 1 is 1.38 bits per heavy atom. The molecule has 1 heterocycles. The van der Waals surface area contributed by atoms with Crippen LogP contribution in [0.15, 0.2) is 18.3 Å². The van der Waals surface area contributed by atoms with E-state index in [0.717, 1.165) is 18.0 Å². The number of nitrogens with one attached hydrogen (secondary N) is 1. The molecule has 0 aliphatic rings. The summed E-state index contributed by atoms with van der Waals surface area (Å²) in [5.74, 6) is 2.37. The number of ether oxygens (including phenoxy) is 1. The minimum atomic E-state index is -0.301. The molecule has 3 nitrogen and oxygen atoms in total. The zero-order valence-corrected chi connectivity index (χ0v) is 11.0.